The number of amides is 1. The number of rotatable bonds is 9. The van der Waals surface area contributed by atoms with Gasteiger partial charge in [0.25, 0.3) is 5.91 Å². The van der Waals surface area contributed by atoms with E-state index >= 15 is 0 Å². The molecule has 1 aliphatic carbocycles. The Kier molecular flexibility index (Phi) is 9.43. The third kappa shape index (κ3) is 7.68. The van der Waals surface area contributed by atoms with Crippen LogP contribution in [-0.2, 0) is 21.3 Å². The monoisotopic (exact) mass is 546 g/mol. The van der Waals surface area contributed by atoms with Crippen molar-refractivity contribution in [1.82, 2.24) is 9.62 Å². The highest BCUT2D eigenvalue weighted by Gasteiger charge is 2.36. The van der Waals surface area contributed by atoms with Gasteiger partial charge in [0.15, 0.2) is 0 Å². The molecule has 1 saturated carbocycles. The molecular formula is C25H30ClF3N2O4S. The molecule has 2 aromatic rings. The minimum atomic E-state index is -4.77. The normalized spacial score (nSPS) is 19.8. The number of hydrogen-bond donors (Lipinski definition) is 1. The summed E-state index contributed by atoms with van der Waals surface area (Å²) >= 11 is 5.95. The van der Waals surface area contributed by atoms with Crippen LogP contribution in [0, 0.1) is 5.92 Å². The molecule has 198 valence electrons. The van der Waals surface area contributed by atoms with E-state index in [0.717, 1.165) is 25.7 Å². The molecule has 0 bridgehead atoms. The number of alkyl halides is 3. The summed E-state index contributed by atoms with van der Waals surface area (Å²) in [6.45, 7) is 2.89. The number of nitrogens with zero attached hydrogens (tertiary/aromatic N) is 1. The Morgan fingerprint density at radius 2 is 1.72 bits per heavy atom. The molecule has 0 spiro atoms. The third-order valence-electron chi connectivity index (χ3n) is 6.29. The predicted octanol–water partition coefficient (Wildman–Crippen LogP) is 5.76. The van der Waals surface area contributed by atoms with Gasteiger partial charge in [-0.2, -0.15) is 4.31 Å². The molecular weight excluding hydrogens is 517 g/mol. The van der Waals surface area contributed by atoms with E-state index in [-0.39, 0.29) is 29.0 Å². The molecule has 1 aliphatic rings. The number of ether oxygens (including phenoxy) is 1. The minimum Gasteiger partial charge on any atom is -0.347 e. The average molecular weight is 547 g/mol. The molecule has 0 aliphatic heterocycles. The molecule has 3 rings (SSSR count). The van der Waals surface area contributed by atoms with Crippen LogP contribution in [0.3, 0.4) is 0 Å². The van der Waals surface area contributed by atoms with Gasteiger partial charge in [0.2, 0.25) is 10.0 Å². The maximum atomic E-state index is 13.6. The van der Waals surface area contributed by atoms with Gasteiger partial charge in [-0.25, -0.2) is 8.42 Å². The standard InChI is InChI=1S/C25H30ClF3N2O4S/c1-17-5-3-4-6-23(17)31(36(33,34)22-13-11-21(26)12-14-22)15-19-7-9-20(10-8-19)24(32)30-18(2)16-35-25(27,28)29/h7-14,17-18,23H,3-6,15-16H2,1-2H3,(H,30,32)/t17?,18-,23?/m1/s1. The number of sulfonamides is 1. The minimum absolute atomic E-state index is 0.123. The molecule has 2 aromatic carbocycles. The van der Waals surface area contributed by atoms with Crippen molar-refractivity contribution in [3.63, 3.8) is 0 Å². The second-order valence-corrected chi connectivity index (χ2v) is 11.5. The van der Waals surface area contributed by atoms with Crippen molar-refractivity contribution in [2.24, 2.45) is 5.92 Å². The first-order valence-electron chi connectivity index (χ1n) is 11.7. The lowest BCUT2D eigenvalue weighted by Gasteiger charge is -2.37. The Morgan fingerprint density at radius 1 is 1.11 bits per heavy atom. The second-order valence-electron chi connectivity index (χ2n) is 9.16. The van der Waals surface area contributed by atoms with Crippen LogP contribution in [0.4, 0.5) is 13.2 Å². The molecule has 11 heteroatoms. The van der Waals surface area contributed by atoms with Crippen LogP contribution in [-0.4, -0.2) is 43.7 Å². The van der Waals surface area contributed by atoms with Crippen molar-refractivity contribution >= 4 is 27.5 Å². The summed E-state index contributed by atoms with van der Waals surface area (Å²) in [5.74, 6) is -0.363. The Labute approximate surface area is 214 Å². The van der Waals surface area contributed by atoms with E-state index in [1.165, 1.54) is 35.5 Å². The van der Waals surface area contributed by atoms with Gasteiger partial charge in [-0.15, -0.1) is 13.2 Å². The van der Waals surface area contributed by atoms with Crippen molar-refractivity contribution in [3.05, 3.63) is 64.7 Å². The highest BCUT2D eigenvalue weighted by molar-refractivity contribution is 7.89. The number of carbonyl (C=O) groups excluding carboxylic acids is 1. The van der Waals surface area contributed by atoms with Crippen LogP contribution in [0.2, 0.25) is 5.02 Å². The van der Waals surface area contributed by atoms with E-state index in [2.05, 4.69) is 17.0 Å². The van der Waals surface area contributed by atoms with Crippen LogP contribution in [0.5, 0.6) is 0 Å². The number of halogens is 4. The predicted molar refractivity (Wildman–Crippen MR) is 131 cm³/mol. The van der Waals surface area contributed by atoms with Crippen molar-refractivity contribution in [2.75, 3.05) is 6.61 Å². The lowest BCUT2D eigenvalue weighted by molar-refractivity contribution is -0.325. The first kappa shape index (κ1) is 28.4. The van der Waals surface area contributed by atoms with Gasteiger partial charge in [0.1, 0.15) is 0 Å². The Hall–Kier alpha value is -2.14. The van der Waals surface area contributed by atoms with Crippen molar-refractivity contribution < 1.29 is 31.1 Å². The van der Waals surface area contributed by atoms with Crippen LogP contribution >= 0.6 is 11.6 Å². The maximum Gasteiger partial charge on any atom is 0.522 e. The summed E-state index contributed by atoms with van der Waals surface area (Å²) in [6.07, 6.45) is -1.08. The Bertz CT molecular complexity index is 1130. The van der Waals surface area contributed by atoms with E-state index in [4.69, 9.17) is 11.6 Å². The Morgan fingerprint density at radius 3 is 2.31 bits per heavy atom. The summed E-state index contributed by atoms with van der Waals surface area (Å²) in [5, 5.41) is 2.90. The first-order chi connectivity index (χ1) is 16.9. The van der Waals surface area contributed by atoms with Crippen LogP contribution in [0.25, 0.3) is 0 Å². The zero-order valence-electron chi connectivity index (χ0n) is 20.1. The highest BCUT2D eigenvalue weighted by Crippen LogP contribution is 2.33. The molecule has 6 nitrogen and oxygen atoms in total. The van der Waals surface area contributed by atoms with Crippen LogP contribution in [0.1, 0.15) is 55.5 Å². The smallest absolute Gasteiger partial charge is 0.347 e. The van der Waals surface area contributed by atoms with Crippen molar-refractivity contribution in [2.45, 2.75) is 69.4 Å². The third-order valence-corrected chi connectivity index (χ3v) is 8.42. The average Bonchev–Trinajstić information content (AvgIpc) is 2.82. The van der Waals surface area contributed by atoms with E-state index in [1.54, 1.807) is 24.3 Å². The van der Waals surface area contributed by atoms with E-state index in [0.29, 0.717) is 10.6 Å². The molecule has 2 unspecified atom stereocenters. The molecule has 1 amide bonds. The first-order valence-corrected chi connectivity index (χ1v) is 13.6. The molecule has 0 heterocycles. The molecule has 1 N–H and O–H groups in total. The van der Waals surface area contributed by atoms with Gasteiger partial charge >= 0.3 is 6.36 Å². The molecule has 0 aromatic heterocycles. The van der Waals surface area contributed by atoms with Gasteiger partial charge in [-0.3, -0.25) is 9.53 Å². The maximum absolute atomic E-state index is 13.6. The Balaban J connectivity index is 1.77. The topological polar surface area (TPSA) is 75.7 Å². The molecule has 0 radical (unpaired) electrons. The second kappa shape index (κ2) is 11.9. The fourth-order valence-corrected chi connectivity index (χ4v) is 6.22. The van der Waals surface area contributed by atoms with Crippen molar-refractivity contribution in [1.29, 1.82) is 0 Å². The number of benzene rings is 2. The zero-order chi connectivity index (χ0) is 26.5. The summed E-state index contributed by atoms with van der Waals surface area (Å²) in [4.78, 5) is 12.6. The summed E-state index contributed by atoms with van der Waals surface area (Å²) in [6, 6.07) is 11.4. The molecule has 0 saturated heterocycles. The number of nitrogens with one attached hydrogen (secondary N) is 1. The van der Waals surface area contributed by atoms with Crippen LogP contribution in [0.15, 0.2) is 53.4 Å². The van der Waals surface area contributed by atoms with Gasteiger partial charge in [-0.1, -0.05) is 43.5 Å². The summed E-state index contributed by atoms with van der Waals surface area (Å²) < 4.78 is 69.2. The van der Waals surface area contributed by atoms with Gasteiger partial charge in [0, 0.05) is 23.2 Å². The summed E-state index contributed by atoms with van der Waals surface area (Å²) in [5.41, 5.74) is 0.936. The van der Waals surface area contributed by atoms with Gasteiger partial charge < -0.3 is 5.32 Å². The van der Waals surface area contributed by atoms with E-state index in [9.17, 15) is 26.4 Å². The fourth-order valence-electron chi connectivity index (χ4n) is 4.36. The van der Waals surface area contributed by atoms with Crippen LogP contribution < -0.4 is 5.32 Å². The fraction of sp³-hybridized carbons (Fsp3) is 0.480. The largest absolute Gasteiger partial charge is 0.522 e. The van der Waals surface area contributed by atoms with E-state index < -0.39 is 34.9 Å². The lowest BCUT2D eigenvalue weighted by atomic mass is 9.86. The highest BCUT2D eigenvalue weighted by atomic mass is 35.5. The molecule has 36 heavy (non-hydrogen) atoms. The zero-order valence-corrected chi connectivity index (χ0v) is 21.7. The quantitative estimate of drug-likeness (QED) is 0.433. The van der Waals surface area contributed by atoms with Gasteiger partial charge in [-0.05, 0) is 67.6 Å². The molecule has 1 fully saturated rings. The SMILES string of the molecule is CC1CCCCC1N(Cc1ccc(C(=O)N[C@H](C)COC(F)(F)F)cc1)S(=O)(=O)c1ccc(Cl)cc1. The number of carbonyl (C=O) groups is 1. The summed E-state index contributed by atoms with van der Waals surface area (Å²) in [7, 11) is -3.82. The van der Waals surface area contributed by atoms with Gasteiger partial charge in [0.05, 0.1) is 17.5 Å². The molecule has 3 atom stereocenters. The van der Waals surface area contributed by atoms with Crippen molar-refractivity contribution in [3.8, 4) is 0 Å². The lowest BCUT2D eigenvalue weighted by Crippen LogP contribution is -2.44. The number of hydrogen-bond acceptors (Lipinski definition) is 4. The van der Waals surface area contributed by atoms with E-state index in [1.807, 2.05) is 0 Å².